The normalized spacial score (nSPS) is 14.5. The Hall–Kier alpha value is -0.200. The molecular formula is C12H23NO3S2. The summed E-state index contributed by atoms with van der Waals surface area (Å²) in [4.78, 5) is 22.5. The highest BCUT2D eigenvalue weighted by molar-refractivity contribution is 7.80. The number of rotatable bonds is 10. The second-order valence-electron chi connectivity index (χ2n) is 4.61. The van der Waals surface area contributed by atoms with Crippen molar-refractivity contribution in [2.75, 3.05) is 18.1 Å². The Morgan fingerprint density at radius 2 is 1.83 bits per heavy atom. The molecule has 2 N–H and O–H groups in total. The molecule has 106 valence electrons. The fraction of sp³-hybridized carbons (Fsp3) is 0.833. The number of carbonyl (C=O) groups is 2. The third kappa shape index (κ3) is 6.66. The minimum absolute atomic E-state index is 0.0271. The van der Waals surface area contributed by atoms with Gasteiger partial charge in [0, 0.05) is 17.6 Å². The lowest BCUT2D eigenvalue weighted by molar-refractivity contribution is -0.138. The second kappa shape index (κ2) is 9.69. The fourth-order valence-corrected chi connectivity index (χ4v) is 2.30. The van der Waals surface area contributed by atoms with Crippen LogP contribution in [-0.2, 0) is 9.59 Å². The monoisotopic (exact) mass is 293 g/mol. The van der Waals surface area contributed by atoms with E-state index in [1.807, 2.05) is 13.8 Å². The van der Waals surface area contributed by atoms with Crippen LogP contribution in [0.5, 0.6) is 0 Å². The Morgan fingerprint density at radius 1 is 1.22 bits per heavy atom. The van der Waals surface area contributed by atoms with Crippen molar-refractivity contribution in [2.24, 2.45) is 11.8 Å². The van der Waals surface area contributed by atoms with Crippen molar-refractivity contribution in [2.45, 2.75) is 32.7 Å². The highest BCUT2D eigenvalue weighted by Crippen LogP contribution is 2.14. The van der Waals surface area contributed by atoms with E-state index in [9.17, 15) is 9.59 Å². The van der Waals surface area contributed by atoms with Crippen LogP contribution in [0.25, 0.3) is 0 Å². The minimum atomic E-state index is -0.894. The Kier molecular flexibility index (Phi) is 9.59. The predicted molar refractivity (Wildman–Crippen MR) is 79.7 cm³/mol. The van der Waals surface area contributed by atoms with Gasteiger partial charge in [-0.1, -0.05) is 13.8 Å². The van der Waals surface area contributed by atoms with Gasteiger partial charge < -0.3 is 10.4 Å². The van der Waals surface area contributed by atoms with Gasteiger partial charge in [-0.2, -0.15) is 25.3 Å². The van der Waals surface area contributed by atoms with E-state index in [0.29, 0.717) is 12.3 Å². The van der Waals surface area contributed by atoms with Gasteiger partial charge in [0.2, 0.25) is 0 Å². The van der Waals surface area contributed by atoms with E-state index >= 15 is 0 Å². The van der Waals surface area contributed by atoms with Gasteiger partial charge in [-0.3, -0.25) is 9.59 Å². The average molecular weight is 293 g/mol. The van der Waals surface area contributed by atoms with Gasteiger partial charge in [0.25, 0.3) is 0 Å². The van der Waals surface area contributed by atoms with Crippen LogP contribution in [0.4, 0.5) is 0 Å². The maximum atomic E-state index is 11.8. The summed E-state index contributed by atoms with van der Waals surface area (Å²) in [7, 11) is 0. The summed E-state index contributed by atoms with van der Waals surface area (Å²) in [5, 5.41) is 11.7. The van der Waals surface area contributed by atoms with Crippen LogP contribution in [0.2, 0.25) is 0 Å². The molecular weight excluding hydrogens is 270 g/mol. The molecule has 0 aliphatic carbocycles. The topological polar surface area (TPSA) is 66.4 Å². The molecule has 0 radical (unpaired) electrons. The van der Waals surface area contributed by atoms with E-state index in [-0.39, 0.29) is 23.4 Å². The number of aliphatic carboxylic acids is 1. The predicted octanol–water partition coefficient (Wildman–Crippen LogP) is 1.51. The van der Waals surface area contributed by atoms with Crippen LogP contribution in [-0.4, -0.2) is 41.0 Å². The highest BCUT2D eigenvalue weighted by atomic mass is 32.1. The second-order valence-corrected chi connectivity index (χ2v) is 5.34. The molecule has 0 heterocycles. The minimum Gasteiger partial charge on any atom is -0.480 e. The molecule has 6 heteroatoms. The summed E-state index contributed by atoms with van der Waals surface area (Å²) in [6.45, 7) is 4.35. The zero-order chi connectivity index (χ0) is 14.1. The van der Waals surface area contributed by atoms with Crippen LogP contribution in [0, 0.1) is 11.8 Å². The summed E-state index contributed by atoms with van der Waals surface area (Å²) < 4.78 is 0. The van der Waals surface area contributed by atoms with Gasteiger partial charge in [-0.15, -0.1) is 0 Å². The van der Waals surface area contributed by atoms with Crippen LogP contribution < -0.4 is 5.32 Å². The molecule has 0 amide bonds. The summed E-state index contributed by atoms with van der Waals surface area (Å²) in [6.07, 6.45) is 1.51. The maximum Gasteiger partial charge on any atom is 0.321 e. The molecule has 2 unspecified atom stereocenters. The van der Waals surface area contributed by atoms with E-state index < -0.39 is 12.0 Å². The van der Waals surface area contributed by atoms with Crippen LogP contribution >= 0.6 is 25.3 Å². The molecule has 0 aliphatic rings. The summed E-state index contributed by atoms with van der Waals surface area (Å²) in [5.41, 5.74) is 0. The Labute approximate surface area is 120 Å². The molecule has 0 spiro atoms. The van der Waals surface area contributed by atoms with Crippen molar-refractivity contribution in [3.63, 3.8) is 0 Å². The molecule has 0 rings (SSSR count). The maximum absolute atomic E-state index is 11.8. The SMILES string of the molecule is CC(C)C(=O)C(CS)CCCNC(CS)C(=O)O. The van der Waals surface area contributed by atoms with Gasteiger partial charge in [-0.05, 0) is 25.1 Å². The number of Topliss-reactive ketones (excluding diaryl/α,β-unsaturated/α-hetero) is 1. The molecule has 0 saturated heterocycles. The van der Waals surface area contributed by atoms with Crippen molar-refractivity contribution >= 4 is 37.0 Å². The van der Waals surface area contributed by atoms with Crippen LogP contribution in [0.1, 0.15) is 26.7 Å². The van der Waals surface area contributed by atoms with Crippen molar-refractivity contribution in [3.05, 3.63) is 0 Å². The van der Waals surface area contributed by atoms with E-state index in [0.717, 1.165) is 12.8 Å². The zero-order valence-corrected chi connectivity index (χ0v) is 12.7. The first kappa shape index (κ1) is 17.8. The van der Waals surface area contributed by atoms with E-state index in [1.54, 1.807) is 0 Å². The first-order chi connectivity index (χ1) is 8.43. The van der Waals surface area contributed by atoms with Crippen molar-refractivity contribution in [1.29, 1.82) is 0 Å². The summed E-state index contributed by atoms with van der Waals surface area (Å²) >= 11 is 8.16. The Bertz CT molecular complexity index is 272. The Morgan fingerprint density at radius 3 is 2.22 bits per heavy atom. The number of carbonyl (C=O) groups excluding carboxylic acids is 1. The van der Waals surface area contributed by atoms with Gasteiger partial charge >= 0.3 is 5.97 Å². The lowest BCUT2D eigenvalue weighted by Gasteiger charge is -2.16. The van der Waals surface area contributed by atoms with Gasteiger partial charge in [-0.25, -0.2) is 0 Å². The first-order valence-corrected chi connectivity index (χ1v) is 7.42. The number of carboxylic acids is 1. The number of nitrogens with one attached hydrogen (secondary N) is 1. The van der Waals surface area contributed by atoms with Crippen LogP contribution in [0.15, 0.2) is 0 Å². The molecule has 18 heavy (non-hydrogen) atoms. The number of carboxylic acid groups (broad SMARTS) is 1. The lowest BCUT2D eigenvalue weighted by atomic mass is 9.93. The van der Waals surface area contributed by atoms with Crippen molar-refractivity contribution in [3.8, 4) is 0 Å². The Balaban J connectivity index is 3.95. The third-order valence-electron chi connectivity index (χ3n) is 2.79. The number of hydrogen-bond donors (Lipinski definition) is 4. The van der Waals surface area contributed by atoms with Gasteiger partial charge in [0.05, 0.1) is 0 Å². The summed E-state index contributed by atoms with van der Waals surface area (Å²) in [6, 6.07) is -0.622. The van der Waals surface area contributed by atoms with E-state index in [2.05, 4.69) is 30.6 Å². The molecule has 0 bridgehead atoms. The molecule has 2 atom stereocenters. The van der Waals surface area contributed by atoms with Gasteiger partial charge in [0.1, 0.15) is 11.8 Å². The quantitative estimate of drug-likeness (QED) is 0.364. The number of ketones is 1. The fourth-order valence-electron chi connectivity index (χ4n) is 1.65. The largest absolute Gasteiger partial charge is 0.480 e. The van der Waals surface area contributed by atoms with E-state index in [4.69, 9.17) is 5.11 Å². The molecule has 4 nitrogen and oxygen atoms in total. The van der Waals surface area contributed by atoms with E-state index in [1.165, 1.54) is 0 Å². The van der Waals surface area contributed by atoms with Gasteiger partial charge in [0.15, 0.2) is 0 Å². The molecule has 0 aromatic carbocycles. The zero-order valence-electron chi connectivity index (χ0n) is 10.9. The molecule has 0 fully saturated rings. The highest BCUT2D eigenvalue weighted by Gasteiger charge is 2.20. The number of hydrogen-bond acceptors (Lipinski definition) is 5. The third-order valence-corrected chi connectivity index (χ3v) is 3.60. The molecule has 0 aliphatic heterocycles. The molecule has 0 saturated carbocycles. The standard InChI is InChI=1S/C12H23NO3S2/c1-8(2)11(14)9(6-17)4-3-5-13-10(7-18)12(15)16/h8-10,13,17-18H,3-7H2,1-2H3,(H,15,16). The lowest BCUT2D eigenvalue weighted by Crippen LogP contribution is -2.39. The van der Waals surface area contributed by atoms with Crippen molar-refractivity contribution < 1.29 is 14.7 Å². The molecule has 0 aromatic rings. The number of thiol groups is 2. The molecule has 0 aromatic heterocycles. The smallest absolute Gasteiger partial charge is 0.321 e. The van der Waals surface area contributed by atoms with Crippen molar-refractivity contribution in [1.82, 2.24) is 5.32 Å². The average Bonchev–Trinajstić information content (AvgIpc) is 2.32. The van der Waals surface area contributed by atoms with Crippen LogP contribution in [0.3, 0.4) is 0 Å². The summed E-state index contributed by atoms with van der Waals surface area (Å²) in [5.74, 6) is 0.138. The first-order valence-electron chi connectivity index (χ1n) is 6.15.